The zero-order chi connectivity index (χ0) is 18.1. The molecule has 0 radical (unpaired) electrons. The maximum atomic E-state index is 12.4. The molecule has 3 heterocycles. The van der Waals surface area contributed by atoms with Crippen LogP contribution in [-0.2, 0) is 7.05 Å². The molecule has 0 atom stereocenters. The first-order valence-corrected chi connectivity index (χ1v) is 9.13. The fourth-order valence-electron chi connectivity index (χ4n) is 2.54. The fourth-order valence-corrected chi connectivity index (χ4v) is 3.50. The van der Waals surface area contributed by atoms with E-state index in [1.54, 1.807) is 36.7 Å². The standard InChI is InChI=1S/C18H13ClN4O2S/c1-23-17(11-3-2-6-20-9-11)21-22-18(23)26-10-14(24)16-8-12-7-13(19)4-5-15(12)25-16/h2-9H,10H2,1H3. The Morgan fingerprint density at radius 3 is 2.96 bits per heavy atom. The summed E-state index contributed by atoms with van der Waals surface area (Å²) >= 11 is 7.28. The summed E-state index contributed by atoms with van der Waals surface area (Å²) in [5.74, 6) is 1.09. The molecule has 4 rings (SSSR count). The molecular formula is C18H13ClN4O2S. The third kappa shape index (κ3) is 3.23. The molecule has 3 aromatic heterocycles. The highest BCUT2D eigenvalue weighted by Crippen LogP contribution is 2.26. The lowest BCUT2D eigenvalue weighted by Crippen LogP contribution is -2.02. The van der Waals surface area contributed by atoms with Crippen LogP contribution in [-0.4, -0.2) is 31.3 Å². The van der Waals surface area contributed by atoms with Crippen LogP contribution in [0, 0.1) is 0 Å². The van der Waals surface area contributed by atoms with Crippen molar-refractivity contribution in [2.24, 2.45) is 7.05 Å². The Hall–Kier alpha value is -2.64. The maximum absolute atomic E-state index is 12.4. The molecule has 4 aromatic rings. The first-order chi connectivity index (χ1) is 12.6. The van der Waals surface area contributed by atoms with Gasteiger partial charge in [0.25, 0.3) is 0 Å². The second-order valence-corrected chi connectivity index (χ2v) is 6.99. The van der Waals surface area contributed by atoms with Crippen molar-refractivity contribution in [3.05, 3.63) is 59.6 Å². The van der Waals surface area contributed by atoms with Crippen molar-refractivity contribution >= 4 is 40.1 Å². The molecule has 0 aliphatic heterocycles. The number of hydrogen-bond acceptors (Lipinski definition) is 6. The van der Waals surface area contributed by atoms with E-state index in [9.17, 15) is 4.79 Å². The molecule has 0 unspecified atom stereocenters. The molecule has 0 saturated heterocycles. The Morgan fingerprint density at radius 2 is 2.15 bits per heavy atom. The van der Waals surface area contributed by atoms with Gasteiger partial charge < -0.3 is 8.98 Å². The van der Waals surface area contributed by atoms with Crippen molar-refractivity contribution in [2.45, 2.75) is 5.16 Å². The number of ketones is 1. The number of carbonyl (C=O) groups excluding carboxylic acids is 1. The van der Waals surface area contributed by atoms with Crippen molar-refractivity contribution < 1.29 is 9.21 Å². The van der Waals surface area contributed by atoms with Crippen LogP contribution in [0.1, 0.15) is 10.6 Å². The van der Waals surface area contributed by atoms with Crippen molar-refractivity contribution in [3.8, 4) is 11.4 Å². The first kappa shape index (κ1) is 16.8. The number of fused-ring (bicyclic) bond motifs is 1. The minimum Gasteiger partial charge on any atom is -0.453 e. The van der Waals surface area contributed by atoms with Gasteiger partial charge in [0.1, 0.15) is 5.58 Å². The Bertz CT molecular complexity index is 1090. The van der Waals surface area contributed by atoms with Crippen LogP contribution < -0.4 is 0 Å². The van der Waals surface area contributed by atoms with Crippen molar-refractivity contribution in [3.63, 3.8) is 0 Å². The summed E-state index contributed by atoms with van der Waals surface area (Å²) in [6.45, 7) is 0. The molecule has 0 spiro atoms. The predicted octanol–water partition coefficient (Wildman–Crippen LogP) is 4.25. The van der Waals surface area contributed by atoms with Crippen LogP contribution in [0.2, 0.25) is 5.02 Å². The van der Waals surface area contributed by atoms with Gasteiger partial charge in [-0.05, 0) is 36.4 Å². The largest absolute Gasteiger partial charge is 0.453 e. The van der Waals surface area contributed by atoms with Gasteiger partial charge in [-0.2, -0.15) is 0 Å². The smallest absolute Gasteiger partial charge is 0.208 e. The number of pyridine rings is 1. The van der Waals surface area contributed by atoms with E-state index in [-0.39, 0.29) is 11.5 Å². The third-order valence-corrected chi connectivity index (χ3v) is 5.10. The molecule has 0 aliphatic rings. The molecule has 0 saturated carbocycles. The lowest BCUT2D eigenvalue weighted by molar-refractivity contribution is 0.0994. The first-order valence-electron chi connectivity index (χ1n) is 7.77. The summed E-state index contributed by atoms with van der Waals surface area (Å²) in [7, 11) is 1.86. The van der Waals surface area contributed by atoms with Gasteiger partial charge >= 0.3 is 0 Å². The Kier molecular flexibility index (Phi) is 4.48. The van der Waals surface area contributed by atoms with Crippen LogP contribution in [0.15, 0.2) is 58.4 Å². The molecule has 0 aliphatic carbocycles. The highest BCUT2D eigenvalue weighted by atomic mass is 35.5. The molecule has 130 valence electrons. The predicted molar refractivity (Wildman–Crippen MR) is 101 cm³/mol. The molecule has 0 amide bonds. The van der Waals surface area contributed by atoms with E-state index in [4.69, 9.17) is 16.0 Å². The van der Waals surface area contributed by atoms with Crippen molar-refractivity contribution in [1.29, 1.82) is 0 Å². The number of halogens is 1. The van der Waals surface area contributed by atoms with E-state index < -0.39 is 0 Å². The summed E-state index contributed by atoms with van der Waals surface area (Å²) < 4.78 is 7.45. The van der Waals surface area contributed by atoms with E-state index in [1.807, 2.05) is 23.7 Å². The number of nitrogens with zero attached hydrogens (tertiary/aromatic N) is 4. The molecule has 8 heteroatoms. The van der Waals surface area contributed by atoms with Gasteiger partial charge in [0, 0.05) is 35.4 Å². The minimum atomic E-state index is -0.117. The number of carbonyl (C=O) groups is 1. The van der Waals surface area contributed by atoms with Crippen LogP contribution in [0.5, 0.6) is 0 Å². The third-order valence-electron chi connectivity index (χ3n) is 3.84. The van der Waals surface area contributed by atoms with Gasteiger partial charge in [-0.3, -0.25) is 9.78 Å². The van der Waals surface area contributed by atoms with E-state index in [0.29, 0.717) is 27.3 Å². The Balaban J connectivity index is 1.50. The van der Waals surface area contributed by atoms with Gasteiger partial charge in [0.15, 0.2) is 16.7 Å². The van der Waals surface area contributed by atoms with Gasteiger partial charge in [-0.15, -0.1) is 10.2 Å². The van der Waals surface area contributed by atoms with Crippen LogP contribution >= 0.6 is 23.4 Å². The van der Waals surface area contributed by atoms with E-state index in [1.165, 1.54) is 11.8 Å². The lowest BCUT2D eigenvalue weighted by atomic mass is 10.2. The van der Waals surface area contributed by atoms with Crippen LogP contribution in [0.3, 0.4) is 0 Å². The number of hydrogen-bond donors (Lipinski definition) is 0. The van der Waals surface area contributed by atoms with Crippen molar-refractivity contribution in [1.82, 2.24) is 19.7 Å². The Labute approximate surface area is 158 Å². The van der Waals surface area contributed by atoms with Crippen molar-refractivity contribution in [2.75, 3.05) is 5.75 Å². The molecule has 0 fully saturated rings. The molecule has 6 nitrogen and oxygen atoms in total. The average molecular weight is 385 g/mol. The maximum Gasteiger partial charge on any atom is 0.208 e. The quantitative estimate of drug-likeness (QED) is 0.378. The molecule has 26 heavy (non-hydrogen) atoms. The summed E-state index contributed by atoms with van der Waals surface area (Å²) in [4.78, 5) is 16.5. The van der Waals surface area contributed by atoms with Crippen LogP contribution in [0.4, 0.5) is 0 Å². The second kappa shape index (κ2) is 6.93. The number of aromatic nitrogens is 4. The second-order valence-electron chi connectivity index (χ2n) is 5.61. The number of Topliss-reactive ketones (excluding diaryl/α,β-unsaturated/α-hetero) is 1. The number of furan rings is 1. The van der Waals surface area contributed by atoms with E-state index >= 15 is 0 Å². The number of rotatable bonds is 5. The average Bonchev–Trinajstić information content (AvgIpc) is 3.23. The van der Waals surface area contributed by atoms with Gasteiger partial charge in [-0.25, -0.2) is 0 Å². The Morgan fingerprint density at radius 1 is 1.27 bits per heavy atom. The SMILES string of the molecule is Cn1c(SCC(=O)c2cc3cc(Cl)ccc3o2)nnc1-c1cccnc1. The van der Waals surface area contributed by atoms with Gasteiger partial charge in [0.05, 0.1) is 5.75 Å². The lowest BCUT2D eigenvalue weighted by Gasteiger charge is -2.02. The number of benzene rings is 1. The summed E-state index contributed by atoms with van der Waals surface area (Å²) in [6, 6.07) is 10.7. The minimum absolute atomic E-state index is 0.117. The highest BCUT2D eigenvalue weighted by molar-refractivity contribution is 7.99. The fraction of sp³-hybridized carbons (Fsp3) is 0.111. The zero-order valence-corrected chi connectivity index (χ0v) is 15.3. The summed E-state index contributed by atoms with van der Waals surface area (Å²) in [5, 5.41) is 10.4. The molecule has 0 N–H and O–H groups in total. The summed E-state index contributed by atoms with van der Waals surface area (Å²) in [6.07, 6.45) is 3.43. The summed E-state index contributed by atoms with van der Waals surface area (Å²) in [5.41, 5.74) is 1.51. The monoisotopic (exact) mass is 384 g/mol. The normalized spacial score (nSPS) is 11.2. The highest BCUT2D eigenvalue weighted by Gasteiger charge is 2.16. The topological polar surface area (TPSA) is 73.8 Å². The molecule has 0 bridgehead atoms. The zero-order valence-electron chi connectivity index (χ0n) is 13.7. The van der Waals surface area contributed by atoms with E-state index in [2.05, 4.69) is 15.2 Å². The molecule has 1 aromatic carbocycles. The van der Waals surface area contributed by atoms with Crippen LogP contribution in [0.25, 0.3) is 22.4 Å². The van der Waals surface area contributed by atoms with Gasteiger partial charge in [-0.1, -0.05) is 23.4 Å². The number of thioether (sulfide) groups is 1. The van der Waals surface area contributed by atoms with E-state index in [0.717, 1.165) is 10.9 Å². The van der Waals surface area contributed by atoms with Gasteiger partial charge in [0.2, 0.25) is 5.78 Å². The molecular weight excluding hydrogens is 372 g/mol.